The summed E-state index contributed by atoms with van der Waals surface area (Å²) < 4.78 is 0. The smallest absolute Gasteiger partial charge is 0.231 e. The summed E-state index contributed by atoms with van der Waals surface area (Å²) in [5.41, 5.74) is 8.49. The molecule has 0 spiro atoms. The molecule has 0 saturated carbocycles. The monoisotopic (exact) mass is 261 g/mol. The molecule has 5 heteroatoms. The lowest BCUT2D eigenvalue weighted by molar-refractivity contribution is -0.121. The minimum absolute atomic E-state index is 0.0152. The highest BCUT2D eigenvalue weighted by Crippen LogP contribution is 2.28. The van der Waals surface area contributed by atoms with Crippen molar-refractivity contribution in [2.75, 3.05) is 25.0 Å². The molecule has 0 fully saturated rings. The van der Waals surface area contributed by atoms with Crippen LogP contribution in [0.2, 0.25) is 0 Å². The van der Waals surface area contributed by atoms with Gasteiger partial charge in [-0.15, -0.1) is 0 Å². The van der Waals surface area contributed by atoms with Crippen molar-refractivity contribution in [2.45, 2.75) is 19.3 Å². The maximum absolute atomic E-state index is 11.6. The zero-order valence-electron chi connectivity index (χ0n) is 11.1. The number of anilines is 1. The van der Waals surface area contributed by atoms with Gasteiger partial charge in [0, 0.05) is 32.2 Å². The second-order valence-electron chi connectivity index (χ2n) is 4.73. The largest absolute Gasteiger partial charge is 0.356 e. The molecule has 2 rings (SSSR count). The second-order valence-corrected chi connectivity index (χ2v) is 4.73. The van der Waals surface area contributed by atoms with Gasteiger partial charge in [-0.25, -0.2) is 0 Å². The van der Waals surface area contributed by atoms with E-state index in [-0.39, 0.29) is 11.8 Å². The molecule has 0 aromatic heterocycles. The normalized spacial score (nSPS) is 13.6. The van der Waals surface area contributed by atoms with E-state index in [1.165, 1.54) is 0 Å². The van der Waals surface area contributed by atoms with Crippen LogP contribution in [0.5, 0.6) is 0 Å². The van der Waals surface area contributed by atoms with E-state index in [2.05, 4.69) is 5.32 Å². The molecule has 1 aliphatic rings. The highest BCUT2D eigenvalue weighted by atomic mass is 16.2. The second kappa shape index (κ2) is 5.84. The Hall–Kier alpha value is -1.88. The van der Waals surface area contributed by atoms with Crippen molar-refractivity contribution < 1.29 is 9.59 Å². The Bertz CT molecular complexity index is 499. The van der Waals surface area contributed by atoms with E-state index < -0.39 is 0 Å². The number of nitrogens with one attached hydrogen (secondary N) is 1. The van der Waals surface area contributed by atoms with Gasteiger partial charge in [-0.05, 0) is 23.6 Å². The van der Waals surface area contributed by atoms with Crippen LogP contribution in [-0.4, -0.2) is 32.0 Å². The Kier molecular flexibility index (Phi) is 4.16. The lowest BCUT2D eigenvalue weighted by Gasteiger charge is -2.10. The van der Waals surface area contributed by atoms with Crippen molar-refractivity contribution in [1.29, 1.82) is 0 Å². The van der Waals surface area contributed by atoms with Gasteiger partial charge in [0.15, 0.2) is 0 Å². The molecule has 1 aromatic rings. The number of carbonyl (C=O) groups excluding carboxylic acids is 2. The number of hydrogen-bond acceptors (Lipinski definition) is 3. The molecule has 0 atom stereocenters. The number of benzene rings is 1. The van der Waals surface area contributed by atoms with E-state index in [1.54, 1.807) is 11.9 Å². The predicted octanol–water partition coefficient (Wildman–Crippen LogP) is 0.213. The summed E-state index contributed by atoms with van der Waals surface area (Å²) in [5.74, 6) is 0.113. The van der Waals surface area contributed by atoms with Crippen molar-refractivity contribution in [3.63, 3.8) is 0 Å². The highest BCUT2D eigenvalue weighted by Gasteiger charge is 2.23. The predicted molar refractivity (Wildman–Crippen MR) is 73.9 cm³/mol. The maximum atomic E-state index is 11.6. The third-order valence-electron chi connectivity index (χ3n) is 3.33. The van der Waals surface area contributed by atoms with Crippen molar-refractivity contribution in [3.05, 3.63) is 29.3 Å². The van der Waals surface area contributed by atoms with Crippen LogP contribution in [0, 0.1) is 0 Å². The zero-order valence-corrected chi connectivity index (χ0v) is 11.1. The highest BCUT2D eigenvalue weighted by molar-refractivity contribution is 6.00. The number of nitrogens with two attached hydrogens (primary N) is 1. The van der Waals surface area contributed by atoms with Crippen LogP contribution < -0.4 is 16.0 Å². The zero-order chi connectivity index (χ0) is 13.8. The van der Waals surface area contributed by atoms with Crippen LogP contribution in [0.1, 0.15) is 17.5 Å². The van der Waals surface area contributed by atoms with Gasteiger partial charge < -0.3 is 16.0 Å². The molecule has 1 aromatic carbocycles. The van der Waals surface area contributed by atoms with Crippen molar-refractivity contribution in [1.82, 2.24) is 5.32 Å². The third kappa shape index (κ3) is 3.12. The van der Waals surface area contributed by atoms with Gasteiger partial charge in [0.2, 0.25) is 11.8 Å². The average Bonchev–Trinajstić information content (AvgIpc) is 2.65. The lowest BCUT2D eigenvalue weighted by Crippen LogP contribution is -2.27. The molecule has 19 heavy (non-hydrogen) atoms. The molecule has 5 nitrogen and oxygen atoms in total. The molecule has 1 heterocycles. The van der Waals surface area contributed by atoms with Gasteiger partial charge in [0.05, 0.1) is 6.42 Å². The van der Waals surface area contributed by atoms with Gasteiger partial charge in [-0.1, -0.05) is 12.1 Å². The molecule has 0 saturated heterocycles. The molecule has 102 valence electrons. The molecule has 1 aliphatic heterocycles. The van der Waals surface area contributed by atoms with Gasteiger partial charge in [-0.2, -0.15) is 0 Å². The Labute approximate surface area is 112 Å². The SMILES string of the molecule is CN1C(=O)Cc2cc(CCNC(=O)CCN)ccc21. The summed E-state index contributed by atoms with van der Waals surface area (Å²) in [6, 6.07) is 6.02. The number of nitrogens with zero attached hydrogens (tertiary/aromatic N) is 1. The van der Waals surface area contributed by atoms with Crippen molar-refractivity contribution in [2.24, 2.45) is 5.73 Å². The average molecular weight is 261 g/mol. The lowest BCUT2D eigenvalue weighted by atomic mass is 10.1. The number of rotatable bonds is 5. The summed E-state index contributed by atoms with van der Waals surface area (Å²) in [6.07, 6.45) is 1.60. The van der Waals surface area contributed by atoms with E-state index in [1.807, 2.05) is 18.2 Å². The van der Waals surface area contributed by atoms with Gasteiger partial charge >= 0.3 is 0 Å². The minimum atomic E-state index is -0.0152. The van der Waals surface area contributed by atoms with E-state index in [4.69, 9.17) is 5.73 Å². The molecular weight excluding hydrogens is 242 g/mol. The molecular formula is C14H19N3O2. The summed E-state index contributed by atoms with van der Waals surface area (Å²) in [4.78, 5) is 24.5. The number of fused-ring (bicyclic) bond motifs is 1. The first-order valence-corrected chi connectivity index (χ1v) is 6.47. The molecule has 0 aliphatic carbocycles. The molecule has 3 N–H and O–H groups in total. The van der Waals surface area contributed by atoms with Crippen LogP contribution in [0.25, 0.3) is 0 Å². The van der Waals surface area contributed by atoms with Crippen LogP contribution in [0.15, 0.2) is 18.2 Å². The standard InChI is InChI=1S/C14H19N3O2/c1-17-12-3-2-10(8-11(12)9-14(17)19)5-7-16-13(18)4-6-15/h2-3,8H,4-7,9,15H2,1H3,(H,16,18). The number of hydrogen-bond donors (Lipinski definition) is 2. The maximum Gasteiger partial charge on any atom is 0.231 e. The summed E-state index contributed by atoms with van der Waals surface area (Å²) in [7, 11) is 1.79. The summed E-state index contributed by atoms with van der Waals surface area (Å²) in [5, 5.41) is 2.82. The first-order chi connectivity index (χ1) is 9.11. The van der Waals surface area contributed by atoms with Crippen LogP contribution in [0.4, 0.5) is 5.69 Å². The van der Waals surface area contributed by atoms with Crippen LogP contribution >= 0.6 is 0 Å². The van der Waals surface area contributed by atoms with E-state index in [9.17, 15) is 9.59 Å². The summed E-state index contributed by atoms with van der Waals surface area (Å²) in [6.45, 7) is 0.973. The fraction of sp³-hybridized carbons (Fsp3) is 0.429. The molecule has 2 amide bonds. The molecule has 0 bridgehead atoms. The Balaban J connectivity index is 1.91. The van der Waals surface area contributed by atoms with Gasteiger partial charge in [-0.3, -0.25) is 9.59 Å². The van der Waals surface area contributed by atoms with Crippen molar-refractivity contribution in [3.8, 4) is 0 Å². The number of carbonyl (C=O) groups is 2. The fourth-order valence-electron chi connectivity index (χ4n) is 2.24. The molecule has 0 radical (unpaired) electrons. The van der Waals surface area contributed by atoms with E-state index >= 15 is 0 Å². The van der Waals surface area contributed by atoms with E-state index in [0.29, 0.717) is 25.9 Å². The van der Waals surface area contributed by atoms with E-state index in [0.717, 1.165) is 23.2 Å². The Morgan fingerprint density at radius 2 is 2.26 bits per heavy atom. The first-order valence-electron chi connectivity index (χ1n) is 6.47. The summed E-state index contributed by atoms with van der Waals surface area (Å²) >= 11 is 0. The number of amides is 2. The van der Waals surface area contributed by atoms with Gasteiger partial charge in [0.25, 0.3) is 0 Å². The number of likely N-dealkylation sites (N-methyl/N-ethyl adjacent to an activating group) is 1. The van der Waals surface area contributed by atoms with Gasteiger partial charge in [0.1, 0.15) is 0 Å². The topological polar surface area (TPSA) is 75.4 Å². The Morgan fingerprint density at radius 3 is 3.00 bits per heavy atom. The quantitative estimate of drug-likeness (QED) is 0.795. The van der Waals surface area contributed by atoms with Crippen LogP contribution in [-0.2, 0) is 22.4 Å². The first kappa shape index (κ1) is 13.5. The molecule has 0 unspecified atom stereocenters. The third-order valence-corrected chi connectivity index (χ3v) is 3.33. The fourth-order valence-corrected chi connectivity index (χ4v) is 2.24. The van der Waals surface area contributed by atoms with Crippen LogP contribution in [0.3, 0.4) is 0 Å². The minimum Gasteiger partial charge on any atom is -0.356 e. The van der Waals surface area contributed by atoms with Crippen molar-refractivity contribution >= 4 is 17.5 Å². The Morgan fingerprint density at radius 1 is 1.47 bits per heavy atom.